The van der Waals surface area contributed by atoms with Crippen LogP contribution in [0.1, 0.15) is 5.56 Å². The lowest BCUT2D eigenvalue weighted by Gasteiger charge is -2.03. The molecule has 0 bridgehead atoms. The lowest BCUT2D eigenvalue weighted by atomic mass is 10.2. The minimum Gasteiger partial charge on any atom is -0.399 e. The van der Waals surface area contributed by atoms with E-state index in [4.69, 9.17) is 17.3 Å². The molecule has 0 radical (unpaired) electrons. The first kappa shape index (κ1) is 10.4. The van der Waals surface area contributed by atoms with Crippen LogP contribution in [-0.4, -0.2) is 9.97 Å². The zero-order valence-electron chi connectivity index (χ0n) is 7.90. The van der Waals surface area contributed by atoms with Crippen LogP contribution in [0.5, 0.6) is 0 Å². The number of nitrogens with two attached hydrogens (primary N) is 1. The van der Waals surface area contributed by atoms with Crippen molar-refractivity contribution >= 4 is 29.1 Å². The highest BCUT2D eigenvalue weighted by molar-refractivity contribution is 7.98. The number of rotatable bonds is 3. The molecule has 0 spiro atoms. The van der Waals surface area contributed by atoms with Gasteiger partial charge in [0.05, 0.1) is 0 Å². The van der Waals surface area contributed by atoms with Crippen LogP contribution in [0.15, 0.2) is 35.7 Å². The molecular formula is C10H10ClN3S. The first-order valence-electron chi connectivity index (χ1n) is 4.42. The standard InChI is InChI=1S/C10H10ClN3S/c11-9-5-8(12)2-1-7(9)6-15-10-13-3-4-14-10/h1-5H,6,12H2,(H,13,14). The molecule has 78 valence electrons. The van der Waals surface area contributed by atoms with Gasteiger partial charge >= 0.3 is 0 Å². The van der Waals surface area contributed by atoms with Gasteiger partial charge in [0.2, 0.25) is 0 Å². The van der Waals surface area contributed by atoms with E-state index in [2.05, 4.69) is 9.97 Å². The monoisotopic (exact) mass is 239 g/mol. The first-order chi connectivity index (χ1) is 7.25. The van der Waals surface area contributed by atoms with Crippen molar-refractivity contribution in [3.8, 4) is 0 Å². The Bertz CT molecular complexity index is 442. The second-order valence-electron chi connectivity index (χ2n) is 3.03. The SMILES string of the molecule is Nc1ccc(CSc2ncc[nH]2)c(Cl)c1. The number of halogens is 1. The van der Waals surface area contributed by atoms with Gasteiger partial charge in [-0.2, -0.15) is 0 Å². The highest BCUT2D eigenvalue weighted by Gasteiger charge is 2.02. The summed E-state index contributed by atoms with van der Waals surface area (Å²) in [6.45, 7) is 0. The van der Waals surface area contributed by atoms with Gasteiger partial charge in [-0.1, -0.05) is 29.4 Å². The molecular weight excluding hydrogens is 230 g/mol. The van der Waals surface area contributed by atoms with Crippen molar-refractivity contribution in [3.05, 3.63) is 41.2 Å². The highest BCUT2D eigenvalue weighted by Crippen LogP contribution is 2.25. The molecule has 3 nitrogen and oxygen atoms in total. The number of imidazole rings is 1. The van der Waals surface area contributed by atoms with Crippen LogP contribution in [0.4, 0.5) is 5.69 Å². The van der Waals surface area contributed by atoms with Crippen LogP contribution < -0.4 is 5.73 Å². The first-order valence-corrected chi connectivity index (χ1v) is 5.78. The van der Waals surface area contributed by atoms with E-state index in [1.165, 1.54) is 0 Å². The molecule has 0 aliphatic heterocycles. The number of hydrogen-bond donors (Lipinski definition) is 2. The number of thioether (sulfide) groups is 1. The predicted octanol–water partition coefficient (Wildman–Crippen LogP) is 2.94. The lowest BCUT2D eigenvalue weighted by molar-refractivity contribution is 1.06. The number of hydrogen-bond acceptors (Lipinski definition) is 3. The van der Waals surface area contributed by atoms with Gasteiger partial charge in [0, 0.05) is 28.9 Å². The number of nitrogens with one attached hydrogen (secondary N) is 1. The average Bonchev–Trinajstić information content (AvgIpc) is 2.69. The molecule has 3 N–H and O–H groups in total. The van der Waals surface area contributed by atoms with Crippen LogP contribution in [0.3, 0.4) is 0 Å². The third-order valence-electron chi connectivity index (χ3n) is 1.91. The Morgan fingerprint density at radius 2 is 2.33 bits per heavy atom. The smallest absolute Gasteiger partial charge is 0.165 e. The molecule has 15 heavy (non-hydrogen) atoms. The van der Waals surface area contributed by atoms with Crippen molar-refractivity contribution < 1.29 is 0 Å². The Balaban J connectivity index is 2.05. The summed E-state index contributed by atoms with van der Waals surface area (Å²) >= 11 is 7.65. The fraction of sp³-hybridized carbons (Fsp3) is 0.100. The Kier molecular flexibility index (Phi) is 3.18. The van der Waals surface area contributed by atoms with Crippen molar-refractivity contribution in [2.75, 3.05) is 5.73 Å². The summed E-state index contributed by atoms with van der Waals surface area (Å²) in [5.41, 5.74) is 7.36. The largest absolute Gasteiger partial charge is 0.399 e. The number of nitrogen functional groups attached to an aromatic ring is 1. The predicted molar refractivity (Wildman–Crippen MR) is 64.0 cm³/mol. The molecule has 5 heteroatoms. The van der Waals surface area contributed by atoms with Gasteiger partial charge in [-0.15, -0.1) is 0 Å². The fourth-order valence-corrected chi connectivity index (χ4v) is 2.32. The maximum Gasteiger partial charge on any atom is 0.165 e. The second kappa shape index (κ2) is 4.59. The van der Waals surface area contributed by atoms with Crippen molar-refractivity contribution in [1.82, 2.24) is 9.97 Å². The van der Waals surface area contributed by atoms with Crippen LogP contribution >= 0.6 is 23.4 Å². The quantitative estimate of drug-likeness (QED) is 0.640. The lowest BCUT2D eigenvalue weighted by Crippen LogP contribution is -1.88. The van der Waals surface area contributed by atoms with Crippen LogP contribution in [0.2, 0.25) is 5.02 Å². The van der Waals surface area contributed by atoms with Crippen molar-refractivity contribution in [2.45, 2.75) is 10.9 Å². The minimum atomic E-state index is 0.687. The number of anilines is 1. The van der Waals surface area contributed by atoms with Crippen LogP contribution in [0, 0.1) is 0 Å². The average molecular weight is 240 g/mol. The molecule has 0 saturated heterocycles. The maximum absolute atomic E-state index is 6.05. The second-order valence-corrected chi connectivity index (χ2v) is 4.41. The molecule has 1 aromatic carbocycles. The molecule has 0 aliphatic carbocycles. The van der Waals surface area contributed by atoms with E-state index in [0.717, 1.165) is 16.5 Å². The summed E-state index contributed by atoms with van der Waals surface area (Å²) in [7, 11) is 0. The fourth-order valence-electron chi connectivity index (χ4n) is 1.16. The molecule has 0 atom stereocenters. The van der Waals surface area contributed by atoms with E-state index in [1.807, 2.05) is 12.1 Å². The molecule has 0 unspecified atom stereocenters. The molecule has 2 aromatic rings. The van der Waals surface area contributed by atoms with Gasteiger partial charge < -0.3 is 10.7 Å². The summed E-state index contributed by atoms with van der Waals surface area (Å²) in [5.74, 6) is 0.784. The zero-order valence-corrected chi connectivity index (χ0v) is 9.48. The number of aromatic nitrogens is 2. The van der Waals surface area contributed by atoms with Gasteiger partial charge in [-0.05, 0) is 17.7 Å². The van der Waals surface area contributed by atoms with Gasteiger partial charge in [0.15, 0.2) is 5.16 Å². The molecule has 2 rings (SSSR count). The zero-order chi connectivity index (χ0) is 10.7. The Labute approximate surface area is 97.0 Å². The Morgan fingerprint density at radius 1 is 1.47 bits per heavy atom. The van der Waals surface area contributed by atoms with Gasteiger partial charge in [-0.25, -0.2) is 4.98 Å². The van der Waals surface area contributed by atoms with Gasteiger partial charge in [-0.3, -0.25) is 0 Å². The van der Waals surface area contributed by atoms with E-state index in [0.29, 0.717) is 10.7 Å². The van der Waals surface area contributed by atoms with Crippen LogP contribution in [-0.2, 0) is 5.75 Å². The molecule has 0 amide bonds. The minimum absolute atomic E-state index is 0.687. The molecule has 1 heterocycles. The highest BCUT2D eigenvalue weighted by atomic mass is 35.5. The van der Waals surface area contributed by atoms with Crippen molar-refractivity contribution in [3.63, 3.8) is 0 Å². The molecule has 1 aromatic heterocycles. The third-order valence-corrected chi connectivity index (χ3v) is 3.22. The van der Waals surface area contributed by atoms with E-state index in [1.54, 1.807) is 30.2 Å². The topological polar surface area (TPSA) is 54.7 Å². The molecule has 0 aliphatic rings. The van der Waals surface area contributed by atoms with Crippen LogP contribution in [0.25, 0.3) is 0 Å². The summed E-state index contributed by atoms with van der Waals surface area (Å²) in [5, 5.41) is 1.59. The van der Waals surface area contributed by atoms with Gasteiger partial charge in [0.25, 0.3) is 0 Å². The van der Waals surface area contributed by atoms with Crippen molar-refractivity contribution in [1.29, 1.82) is 0 Å². The maximum atomic E-state index is 6.05. The Morgan fingerprint density at radius 3 is 3.00 bits per heavy atom. The Hall–Kier alpha value is -1.13. The van der Waals surface area contributed by atoms with E-state index < -0.39 is 0 Å². The normalized spacial score (nSPS) is 10.5. The summed E-state index contributed by atoms with van der Waals surface area (Å²) in [6, 6.07) is 5.55. The number of H-pyrrole nitrogens is 1. The molecule has 0 fully saturated rings. The number of aromatic amines is 1. The third kappa shape index (κ3) is 2.67. The summed E-state index contributed by atoms with van der Waals surface area (Å²) < 4.78 is 0. The summed E-state index contributed by atoms with van der Waals surface area (Å²) in [4.78, 5) is 7.14. The number of benzene rings is 1. The molecule has 0 saturated carbocycles. The summed E-state index contributed by atoms with van der Waals surface area (Å²) in [6.07, 6.45) is 3.53. The van der Waals surface area contributed by atoms with E-state index in [9.17, 15) is 0 Å². The van der Waals surface area contributed by atoms with Gasteiger partial charge in [0.1, 0.15) is 0 Å². The van der Waals surface area contributed by atoms with E-state index >= 15 is 0 Å². The number of nitrogens with zero attached hydrogens (tertiary/aromatic N) is 1. The van der Waals surface area contributed by atoms with E-state index in [-0.39, 0.29) is 0 Å². The van der Waals surface area contributed by atoms with Crippen molar-refractivity contribution in [2.24, 2.45) is 0 Å².